The minimum Gasteiger partial charge on any atom is -0.497 e. The largest absolute Gasteiger partial charge is 0.497 e. The SMILES string of the molecule is CCCCN(CCCC)CCn1cnc2c([nH]c3cc(OC)ccc32)c1=O. The second-order valence-electron chi connectivity index (χ2n) is 7.05. The molecule has 6 heteroatoms. The Bertz CT molecular complexity index is 936. The van der Waals surface area contributed by atoms with Crippen molar-refractivity contribution in [3.8, 4) is 5.75 Å². The van der Waals surface area contributed by atoms with E-state index in [-0.39, 0.29) is 5.56 Å². The number of ether oxygens (including phenoxy) is 1. The number of rotatable bonds is 10. The van der Waals surface area contributed by atoms with Gasteiger partial charge in [0, 0.05) is 24.5 Å². The lowest BCUT2D eigenvalue weighted by Gasteiger charge is -2.22. The number of benzene rings is 1. The Kier molecular flexibility index (Phi) is 6.50. The molecule has 0 aliphatic carbocycles. The van der Waals surface area contributed by atoms with E-state index in [0.717, 1.165) is 41.8 Å². The lowest BCUT2D eigenvalue weighted by atomic mass is 10.2. The summed E-state index contributed by atoms with van der Waals surface area (Å²) >= 11 is 0. The fraction of sp³-hybridized carbons (Fsp3) is 0.524. The third-order valence-electron chi connectivity index (χ3n) is 5.09. The Morgan fingerprint density at radius 3 is 2.56 bits per heavy atom. The van der Waals surface area contributed by atoms with Crippen LogP contribution in [0.5, 0.6) is 5.75 Å². The standard InChI is InChI=1S/C21H30N4O2/c1-4-6-10-24(11-7-5-2)12-13-25-15-22-19-17-9-8-16(27-3)14-18(17)23-20(19)21(25)26/h8-9,14-15,23H,4-7,10-13H2,1-3H3. The van der Waals surface area contributed by atoms with E-state index in [1.54, 1.807) is 18.0 Å². The summed E-state index contributed by atoms with van der Waals surface area (Å²) in [4.78, 5) is 23.2. The predicted octanol–water partition coefficient (Wildman–Crippen LogP) is 3.79. The molecular weight excluding hydrogens is 340 g/mol. The lowest BCUT2D eigenvalue weighted by Crippen LogP contribution is -2.32. The van der Waals surface area contributed by atoms with Crippen molar-refractivity contribution in [1.82, 2.24) is 19.4 Å². The van der Waals surface area contributed by atoms with Crippen molar-refractivity contribution >= 4 is 21.9 Å². The molecule has 0 amide bonds. The van der Waals surface area contributed by atoms with Gasteiger partial charge in [-0.1, -0.05) is 26.7 Å². The van der Waals surface area contributed by atoms with Crippen molar-refractivity contribution in [3.05, 3.63) is 34.9 Å². The highest BCUT2D eigenvalue weighted by Gasteiger charge is 2.12. The topological polar surface area (TPSA) is 63.1 Å². The van der Waals surface area contributed by atoms with Crippen LogP contribution in [0.1, 0.15) is 39.5 Å². The van der Waals surface area contributed by atoms with Gasteiger partial charge in [0.25, 0.3) is 5.56 Å². The minimum absolute atomic E-state index is 0.0129. The fourth-order valence-corrected chi connectivity index (χ4v) is 3.41. The summed E-state index contributed by atoms with van der Waals surface area (Å²) in [6.07, 6.45) is 6.45. The molecule has 3 rings (SSSR count). The average molecular weight is 370 g/mol. The molecule has 27 heavy (non-hydrogen) atoms. The molecule has 0 saturated heterocycles. The molecule has 0 saturated carbocycles. The maximum absolute atomic E-state index is 12.9. The van der Waals surface area contributed by atoms with Gasteiger partial charge in [-0.05, 0) is 38.1 Å². The predicted molar refractivity (Wildman–Crippen MR) is 111 cm³/mol. The third-order valence-corrected chi connectivity index (χ3v) is 5.09. The van der Waals surface area contributed by atoms with Gasteiger partial charge in [0.1, 0.15) is 16.8 Å². The molecule has 1 N–H and O–H groups in total. The molecule has 1 aromatic carbocycles. The van der Waals surface area contributed by atoms with Gasteiger partial charge in [-0.3, -0.25) is 9.36 Å². The van der Waals surface area contributed by atoms with Crippen molar-refractivity contribution in [2.75, 3.05) is 26.7 Å². The Morgan fingerprint density at radius 2 is 1.89 bits per heavy atom. The van der Waals surface area contributed by atoms with Crippen molar-refractivity contribution < 1.29 is 4.74 Å². The molecule has 0 fully saturated rings. The highest BCUT2D eigenvalue weighted by molar-refractivity contribution is 6.04. The summed E-state index contributed by atoms with van der Waals surface area (Å²) < 4.78 is 6.99. The molecule has 2 heterocycles. The van der Waals surface area contributed by atoms with Crippen LogP contribution in [0.4, 0.5) is 0 Å². The summed E-state index contributed by atoms with van der Waals surface area (Å²) in [5, 5.41) is 0.947. The number of nitrogens with one attached hydrogen (secondary N) is 1. The molecule has 0 aliphatic rings. The number of H-pyrrole nitrogens is 1. The third kappa shape index (κ3) is 4.33. The number of nitrogens with zero attached hydrogens (tertiary/aromatic N) is 3. The van der Waals surface area contributed by atoms with Crippen molar-refractivity contribution in [2.24, 2.45) is 0 Å². The zero-order valence-corrected chi connectivity index (χ0v) is 16.6. The molecule has 0 bridgehead atoms. The Hall–Kier alpha value is -2.34. The average Bonchev–Trinajstić information content (AvgIpc) is 3.07. The van der Waals surface area contributed by atoms with Gasteiger partial charge >= 0.3 is 0 Å². The number of hydrogen-bond acceptors (Lipinski definition) is 4. The molecule has 3 aromatic rings. The highest BCUT2D eigenvalue weighted by Crippen LogP contribution is 2.25. The van der Waals surface area contributed by atoms with Gasteiger partial charge in [-0.25, -0.2) is 4.98 Å². The van der Waals surface area contributed by atoms with E-state index in [4.69, 9.17) is 4.74 Å². The first kappa shape index (κ1) is 19.4. The lowest BCUT2D eigenvalue weighted by molar-refractivity contribution is 0.253. The summed E-state index contributed by atoms with van der Waals surface area (Å²) in [7, 11) is 1.64. The molecular formula is C21H30N4O2. The first-order valence-electron chi connectivity index (χ1n) is 9.95. The molecule has 2 aromatic heterocycles. The number of methoxy groups -OCH3 is 1. The maximum atomic E-state index is 12.9. The normalized spacial score (nSPS) is 11.7. The highest BCUT2D eigenvalue weighted by atomic mass is 16.5. The first-order chi connectivity index (χ1) is 13.2. The van der Waals surface area contributed by atoms with Crippen LogP contribution in [0.25, 0.3) is 21.9 Å². The van der Waals surface area contributed by atoms with Gasteiger partial charge in [-0.15, -0.1) is 0 Å². The second kappa shape index (κ2) is 9.04. The Morgan fingerprint density at radius 1 is 1.15 bits per heavy atom. The monoisotopic (exact) mass is 370 g/mol. The molecule has 0 aliphatic heterocycles. The molecule has 0 atom stereocenters. The fourth-order valence-electron chi connectivity index (χ4n) is 3.41. The van der Waals surface area contributed by atoms with Crippen LogP contribution >= 0.6 is 0 Å². The van der Waals surface area contributed by atoms with Gasteiger partial charge < -0.3 is 14.6 Å². The Labute approximate surface area is 160 Å². The zero-order valence-electron chi connectivity index (χ0n) is 16.6. The van der Waals surface area contributed by atoms with Gasteiger partial charge in [-0.2, -0.15) is 0 Å². The van der Waals surface area contributed by atoms with Gasteiger partial charge in [0.05, 0.1) is 19.0 Å². The van der Waals surface area contributed by atoms with E-state index in [1.807, 2.05) is 18.2 Å². The van der Waals surface area contributed by atoms with Gasteiger partial charge in [0.15, 0.2) is 0 Å². The van der Waals surface area contributed by atoms with E-state index < -0.39 is 0 Å². The van der Waals surface area contributed by atoms with E-state index in [0.29, 0.717) is 12.1 Å². The summed E-state index contributed by atoms with van der Waals surface area (Å²) in [5.41, 5.74) is 2.15. The van der Waals surface area contributed by atoms with Crippen molar-refractivity contribution in [2.45, 2.75) is 46.1 Å². The van der Waals surface area contributed by atoms with Crippen LogP contribution in [-0.2, 0) is 6.54 Å². The molecule has 0 unspecified atom stereocenters. The number of hydrogen-bond donors (Lipinski definition) is 1. The second-order valence-corrected chi connectivity index (χ2v) is 7.05. The molecule has 146 valence electrons. The summed E-state index contributed by atoms with van der Waals surface area (Å²) in [5.74, 6) is 0.761. The molecule has 0 radical (unpaired) electrons. The van der Waals surface area contributed by atoms with E-state index in [9.17, 15) is 4.79 Å². The number of fused-ring (bicyclic) bond motifs is 3. The van der Waals surface area contributed by atoms with E-state index in [2.05, 4.69) is 28.7 Å². The number of aromatic amines is 1. The summed E-state index contributed by atoms with van der Waals surface area (Å²) in [6.45, 7) is 8.14. The maximum Gasteiger partial charge on any atom is 0.277 e. The van der Waals surface area contributed by atoms with Crippen LogP contribution in [0, 0.1) is 0 Å². The zero-order chi connectivity index (χ0) is 19.2. The quantitative estimate of drug-likeness (QED) is 0.590. The first-order valence-corrected chi connectivity index (χ1v) is 9.95. The van der Waals surface area contributed by atoms with Crippen molar-refractivity contribution in [3.63, 3.8) is 0 Å². The van der Waals surface area contributed by atoms with E-state index in [1.165, 1.54) is 25.7 Å². The van der Waals surface area contributed by atoms with Crippen LogP contribution < -0.4 is 10.3 Å². The molecule has 6 nitrogen and oxygen atoms in total. The smallest absolute Gasteiger partial charge is 0.277 e. The van der Waals surface area contributed by atoms with Crippen LogP contribution in [-0.4, -0.2) is 46.2 Å². The van der Waals surface area contributed by atoms with Crippen LogP contribution in [0.2, 0.25) is 0 Å². The van der Waals surface area contributed by atoms with Crippen molar-refractivity contribution in [1.29, 1.82) is 0 Å². The van der Waals surface area contributed by atoms with Gasteiger partial charge in [0.2, 0.25) is 0 Å². The summed E-state index contributed by atoms with van der Waals surface area (Å²) in [6, 6.07) is 5.74. The van der Waals surface area contributed by atoms with E-state index >= 15 is 0 Å². The van der Waals surface area contributed by atoms with Crippen LogP contribution in [0.3, 0.4) is 0 Å². The number of unbranched alkanes of at least 4 members (excludes halogenated alkanes) is 2. The number of aromatic nitrogens is 3. The van der Waals surface area contributed by atoms with Crippen LogP contribution in [0.15, 0.2) is 29.3 Å². The molecule has 0 spiro atoms. The minimum atomic E-state index is -0.0129. The Balaban J connectivity index is 1.83.